The maximum Gasteiger partial charge on any atom is 0.416 e. The van der Waals surface area contributed by atoms with Gasteiger partial charge in [0, 0.05) is 24.9 Å². The molecule has 1 aliphatic rings. The Labute approximate surface area is 165 Å². The minimum Gasteiger partial charge on any atom is -0.467 e. The van der Waals surface area contributed by atoms with Crippen LogP contribution in [0.15, 0.2) is 41.0 Å². The van der Waals surface area contributed by atoms with Gasteiger partial charge in [-0.3, -0.25) is 9.59 Å². The second kappa shape index (κ2) is 8.69. The molecule has 0 saturated carbocycles. The molecule has 0 aliphatic carbocycles. The topological polar surface area (TPSA) is 71.8 Å². The SMILES string of the molecule is COCCC(=O)Nc1cc(C(=O)N2CCCC2c2ccco2)cc(C(F)(F)F)c1. The molecule has 156 valence electrons. The molecule has 6 nitrogen and oxygen atoms in total. The van der Waals surface area contributed by atoms with Crippen molar-refractivity contribution in [1.82, 2.24) is 4.90 Å². The number of rotatable bonds is 6. The average Bonchev–Trinajstić information content (AvgIpc) is 3.35. The number of benzene rings is 1. The number of halogens is 3. The first kappa shape index (κ1) is 20.9. The number of anilines is 1. The van der Waals surface area contributed by atoms with Crippen LogP contribution < -0.4 is 5.32 Å². The number of ether oxygens (including phenoxy) is 1. The summed E-state index contributed by atoms with van der Waals surface area (Å²) in [5.74, 6) is -0.447. The Hall–Kier alpha value is -2.81. The molecule has 0 spiro atoms. The highest BCUT2D eigenvalue weighted by atomic mass is 19.4. The van der Waals surface area contributed by atoms with E-state index in [1.54, 1.807) is 12.1 Å². The minimum atomic E-state index is -4.66. The average molecular weight is 410 g/mol. The number of alkyl halides is 3. The van der Waals surface area contributed by atoms with Crippen LogP contribution in [0.5, 0.6) is 0 Å². The molecule has 2 aromatic rings. The monoisotopic (exact) mass is 410 g/mol. The number of carbonyl (C=O) groups excluding carboxylic acids is 2. The van der Waals surface area contributed by atoms with E-state index in [4.69, 9.17) is 9.15 Å². The maximum atomic E-state index is 13.4. The number of likely N-dealkylation sites (tertiary alicyclic amines) is 1. The number of hydrogen-bond donors (Lipinski definition) is 1. The van der Waals surface area contributed by atoms with Crippen LogP contribution >= 0.6 is 0 Å². The van der Waals surface area contributed by atoms with Gasteiger partial charge in [-0.25, -0.2) is 0 Å². The Morgan fingerprint density at radius 2 is 2.10 bits per heavy atom. The van der Waals surface area contributed by atoms with E-state index in [1.807, 2.05) is 0 Å². The van der Waals surface area contributed by atoms with Crippen molar-refractivity contribution in [3.63, 3.8) is 0 Å². The summed E-state index contributed by atoms with van der Waals surface area (Å²) in [5, 5.41) is 2.41. The number of amides is 2. The van der Waals surface area contributed by atoms with Crippen LogP contribution in [0.2, 0.25) is 0 Å². The van der Waals surface area contributed by atoms with E-state index in [9.17, 15) is 22.8 Å². The molecule has 1 atom stereocenters. The van der Waals surface area contributed by atoms with Gasteiger partial charge in [0.2, 0.25) is 5.91 Å². The second-order valence-electron chi connectivity index (χ2n) is 6.76. The number of methoxy groups -OCH3 is 1. The number of nitrogens with zero attached hydrogens (tertiary/aromatic N) is 1. The number of carbonyl (C=O) groups is 2. The molecule has 1 aliphatic heterocycles. The van der Waals surface area contributed by atoms with Gasteiger partial charge < -0.3 is 19.4 Å². The lowest BCUT2D eigenvalue weighted by Crippen LogP contribution is -2.30. The van der Waals surface area contributed by atoms with Gasteiger partial charge in [0.1, 0.15) is 5.76 Å². The lowest BCUT2D eigenvalue weighted by Gasteiger charge is -2.24. The molecule has 2 amide bonds. The Balaban J connectivity index is 1.89. The molecule has 3 rings (SSSR count). The van der Waals surface area contributed by atoms with Crippen molar-refractivity contribution in [2.45, 2.75) is 31.5 Å². The van der Waals surface area contributed by atoms with Crippen LogP contribution in [0.4, 0.5) is 18.9 Å². The normalized spacial score (nSPS) is 16.8. The summed E-state index contributed by atoms with van der Waals surface area (Å²) in [7, 11) is 1.42. The van der Waals surface area contributed by atoms with E-state index < -0.39 is 23.6 Å². The Morgan fingerprint density at radius 1 is 1.31 bits per heavy atom. The summed E-state index contributed by atoms with van der Waals surface area (Å²) in [4.78, 5) is 26.4. The first-order valence-corrected chi connectivity index (χ1v) is 9.15. The van der Waals surface area contributed by atoms with Gasteiger partial charge in [-0.1, -0.05) is 0 Å². The molecule has 1 unspecified atom stereocenters. The third-order valence-corrected chi connectivity index (χ3v) is 4.71. The fourth-order valence-electron chi connectivity index (χ4n) is 3.36. The van der Waals surface area contributed by atoms with E-state index in [0.29, 0.717) is 18.7 Å². The second-order valence-corrected chi connectivity index (χ2v) is 6.76. The molecular weight excluding hydrogens is 389 g/mol. The van der Waals surface area contributed by atoms with Gasteiger partial charge in [0.15, 0.2) is 0 Å². The molecule has 1 saturated heterocycles. The highest BCUT2D eigenvalue weighted by Gasteiger charge is 2.35. The van der Waals surface area contributed by atoms with Gasteiger partial charge in [-0.2, -0.15) is 13.2 Å². The summed E-state index contributed by atoms with van der Waals surface area (Å²) in [5.41, 5.74) is -1.22. The molecule has 0 radical (unpaired) electrons. The van der Waals surface area contributed by atoms with E-state index in [2.05, 4.69) is 5.32 Å². The minimum absolute atomic E-state index is 0.0112. The smallest absolute Gasteiger partial charge is 0.416 e. The van der Waals surface area contributed by atoms with Gasteiger partial charge >= 0.3 is 6.18 Å². The molecule has 29 heavy (non-hydrogen) atoms. The summed E-state index contributed by atoms with van der Waals surface area (Å²) < 4.78 is 50.2. The Morgan fingerprint density at radius 3 is 2.76 bits per heavy atom. The fourth-order valence-corrected chi connectivity index (χ4v) is 3.36. The van der Waals surface area contributed by atoms with Crippen molar-refractivity contribution in [3.05, 3.63) is 53.5 Å². The van der Waals surface area contributed by atoms with E-state index in [-0.39, 0.29) is 30.3 Å². The predicted octanol–water partition coefficient (Wildman–Crippen LogP) is 4.25. The van der Waals surface area contributed by atoms with Crippen LogP contribution in [-0.2, 0) is 15.7 Å². The van der Waals surface area contributed by atoms with Crippen molar-refractivity contribution < 1.29 is 31.9 Å². The highest BCUT2D eigenvalue weighted by molar-refractivity contribution is 5.98. The molecule has 2 heterocycles. The van der Waals surface area contributed by atoms with Crippen molar-refractivity contribution in [3.8, 4) is 0 Å². The van der Waals surface area contributed by atoms with Crippen molar-refractivity contribution in [1.29, 1.82) is 0 Å². The first-order chi connectivity index (χ1) is 13.8. The molecule has 0 bridgehead atoms. The van der Waals surface area contributed by atoms with Crippen LogP contribution in [0.1, 0.15) is 47.0 Å². The van der Waals surface area contributed by atoms with Crippen LogP contribution in [0.25, 0.3) is 0 Å². The Kier molecular flexibility index (Phi) is 6.26. The van der Waals surface area contributed by atoms with E-state index in [1.165, 1.54) is 24.3 Å². The molecule has 1 fully saturated rings. The zero-order valence-electron chi connectivity index (χ0n) is 15.8. The quantitative estimate of drug-likeness (QED) is 0.773. The standard InChI is InChI=1S/C20H21F3N2O4/c1-28-9-6-18(26)24-15-11-13(10-14(12-15)20(21,22)23)19(27)25-7-2-4-16(25)17-5-3-8-29-17/h3,5,8,10-12,16H,2,4,6-7,9H2,1H3,(H,24,26). The van der Waals surface area contributed by atoms with E-state index in [0.717, 1.165) is 18.6 Å². The van der Waals surface area contributed by atoms with Crippen molar-refractivity contribution in [2.75, 3.05) is 25.6 Å². The molecule has 1 aromatic carbocycles. The third-order valence-electron chi connectivity index (χ3n) is 4.71. The van der Waals surface area contributed by atoms with Gasteiger partial charge in [0.05, 0.1) is 30.9 Å². The van der Waals surface area contributed by atoms with Crippen LogP contribution in [-0.4, -0.2) is 37.0 Å². The Bertz CT molecular complexity index is 865. The van der Waals surface area contributed by atoms with Gasteiger partial charge in [-0.15, -0.1) is 0 Å². The lowest BCUT2D eigenvalue weighted by atomic mass is 10.1. The molecule has 9 heteroatoms. The summed E-state index contributed by atoms with van der Waals surface area (Å²) in [6.07, 6.45) is -1.79. The van der Waals surface area contributed by atoms with Crippen molar-refractivity contribution >= 4 is 17.5 Å². The number of furan rings is 1. The lowest BCUT2D eigenvalue weighted by molar-refractivity contribution is -0.137. The number of hydrogen-bond acceptors (Lipinski definition) is 4. The predicted molar refractivity (Wildman–Crippen MR) is 98.3 cm³/mol. The largest absolute Gasteiger partial charge is 0.467 e. The summed E-state index contributed by atoms with van der Waals surface area (Å²) in [6, 6.07) is 6.00. The van der Waals surface area contributed by atoms with Crippen LogP contribution in [0, 0.1) is 0 Å². The van der Waals surface area contributed by atoms with Gasteiger partial charge in [-0.05, 0) is 43.2 Å². The highest BCUT2D eigenvalue weighted by Crippen LogP contribution is 2.36. The maximum absolute atomic E-state index is 13.4. The third kappa shape index (κ3) is 4.97. The first-order valence-electron chi connectivity index (χ1n) is 9.15. The molecular formula is C20H21F3N2O4. The van der Waals surface area contributed by atoms with E-state index >= 15 is 0 Å². The van der Waals surface area contributed by atoms with Crippen molar-refractivity contribution in [2.24, 2.45) is 0 Å². The number of nitrogens with one attached hydrogen (secondary N) is 1. The zero-order chi connectivity index (χ0) is 21.0. The fraction of sp³-hybridized carbons (Fsp3) is 0.400. The summed E-state index contributed by atoms with van der Waals surface area (Å²) >= 11 is 0. The van der Waals surface area contributed by atoms with Crippen LogP contribution in [0.3, 0.4) is 0 Å². The van der Waals surface area contributed by atoms with Gasteiger partial charge in [0.25, 0.3) is 5.91 Å². The summed E-state index contributed by atoms with van der Waals surface area (Å²) in [6.45, 7) is 0.547. The zero-order valence-corrected chi connectivity index (χ0v) is 15.8. The molecule has 1 aromatic heterocycles. The molecule has 1 N–H and O–H groups in total.